The first-order chi connectivity index (χ1) is 9.97. The molecule has 0 saturated heterocycles. The Labute approximate surface area is 137 Å². The van der Waals surface area contributed by atoms with Crippen LogP contribution in [0.25, 0.3) is 0 Å². The summed E-state index contributed by atoms with van der Waals surface area (Å²) in [6, 6.07) is 3.31. The van der Waals surface area contributed by atoms with E-state index in [0.717, 1.165) is 22.8 Å². The van der Waals surface area contributed by atoms with Crippen LogP contribution in [0.5, 0.6) is 0 Å². The zero-order valence-corrected chi connectivity index (χ0v) is 15.3. The average Bonchev–Trinajstić information content (AvgIpc) is 2.45. The Morgan fingerprint density at radius 1 is 1.33 bits per heavy atom. The van der Waals surface area contributed by atoms with Gasteiger partial charge in [-0.05, 0) is 53.6 Å². The van der Waals surface area contributed by atoms with Crippen LogP contribution in [-0.4, -0.2) is 24.1 Å². The Bertz CT molecular complexity index is 453. The zero-order valence-electron chi connectivity index (χ0n) is 13.7. The molecule has 3 nitrogen and oxygen atoms in total. The molecule has 1 N–H and O–H groups in total. The predicted molar refractivity (Wildman–Crippen MR) is 93.7 cm³/mol. The molecule has 0 aliphatic heterocycles. The molecule has 0 atom stereocenters. The van der Waals surface area contributed by atoms with Crippen LogP contribution < -0.4 is 10.2 Å². The number of nitrogens with zero attached hydrogens (tertiary/aromatic N) is 2. The molecule has 1 aliphatic carbocycles. The van der Waals surface area contributed by atoms with E-state index >= 15 is 0 Å². The minimum absolute atomic E-state index is 0.484. The van der Waals surface area contributed by atoms with Gasteiger partial charge in [0.25, 0.3) is 0 Å². The first-order valence-corrected chi connectivity index (χ1v) is 8.87. The van der Waals surface area contributed by atoms with Crippen LogP contribution in [0.3, 0.4) is 0 Å². The first kappa shape index (κ1) is 16.8. The Balaban J connectivity index is 2.13. The van der Waals surface area contributed by atoms with Crippen molar-refractivity contribution in [3.63, 3.8) is 0 Å². The second-order valence-corrected chi connectivity index (χ2v) is 7.61. The van der Waals surface area contributed by atoms with Crippen molar-refractivity contribution >= 4 is 21.7 Å². The number of nitrogens with one attached hydrogen (secondary N) is 1. The Morgan fingerprint density at radius 2 is 2.00 bits per heavy atom. The number of rotatable bonds is 5. The molecule has 0 bridgehead atoms. The van der Waals surface area contributed by atoms with E-state index < -0.39 is 0 Å². The molecule has 0 spiro atoms. The standard InChI is InChI=1S/C17H28BrN3/c1-12(2)19-10-14-9-15(18)11-20-17(14)21(4)16-7-5-13(3)6-8-16/h9,11-13,16,19H,5-8,10H2,1-4H3. The summed E-state index contributed by atoms with van der Waals surface area (Å²) < 4.78 is 1.05. The van der Waals surface area contributed by atoms with Gasteiger partial charge in [-0.3, -0.25) is 0 Å². The molecule has 4 heteroatoms. The third-order valence-corrected chi connectivity index (χ3v) is 4.91. The van der Waals surface area contributed by atoms with Crippen molar-refractivity contribution in [2.45, 2.75) is 65.1 Å². The molecule has 1 heterocycles. The van der Waals surface area contributed by atoms with Gasteiger partial charge in [0.2, 0.25) is 0 Å². The molecule has 0 radical (unpaired) electrons. The van der Waals surface area contributed by atoms with E-state index in [2.05, 4.69) is 65.0 Å². The van der Waals surface area contributed by atoms with Crippen LogP contribution >= 0.6 is 15.9 Å². The van der Waals surface area contributed by atoms with Crippen LogP contribution in [0.1, 0.15) is 52.0 Å². The van der Waals surface area contributed by atoms with Crippen LogP contribution in [-0.2, 0) is 6.54 Å². The van der Waals surface area contributed by atoms with E-state index in [4.69, 9.17) is 0 Å². The molecule has 2 rings (SSSR count). The maximum absolute atomic E-state index is 4.69. The number of aromatic nitrogens is 1. The molecule has 118 valence electrons. The number of halogens is 1. The molecule has 1 aromatic heterocycles. The summed E-state index contributed by atoms with van der Waals surface area (Å²) in [6.45, 7) is 7.59. The van der Waals surface area contributed by atoms with E-state index in [1.807, 2.05) is 6.20 Å². The van der Waals surface area contributed by atoms with Gasteiger partial charge in [0.05, 0.1) is 0 Å². The highest BCUT2D eigenvalue weighted by molar-refractivity contribution is 9.10. The van der Waals surface area contributed by atoms with Gasteiger partial charge in [0.15, 0.2) is 0 Å². The first-order valence-electron chi connectivity index (χ1n) is 8.08. The molecule has 0 unspecified atom stereocenters. The quantitative estimate of drug-likeness (QED) is 0.852. The minimum atomic E-state index is 0.484. The van der Waals surface area contributed by atoms with Crippen molar-refractivity contribution in [1.29, 1.82) is 0 Å². The van der Waals surface area contributed by atoms with E-state index in [9.17, 15) is 0 Å². The number of pyridine rings is 1. The van der Waals surface area contributed by atoms with Crippen LogP contribution in [0.2, 0.25) is 0 Å². The van der Waals surface area contributed by atoms with Crippen molar-refractivity contribution in [3.05, 3.63) is 22.3 Å². The SMILES string of the molecule is CC1CCC(N(C)c2ncc(Br)cc2CNC(C)C)CC1. The van der Waals surface area contributed by atoms with Crippen molar-refractivity contribution in [1.82, 2.24) is 10.3 Å². The molecular weight excluding hydrogens is 326 g/mol. The topological polar surface area (TPSA) is 28.2 Å². The predicted octanol–water partition coefficient (Wildman–Crippen LogP) is 4.36. The monoisotopic (exact) mass is 353 g/mol. The van der Waals surface area contributed by atoms with Crippen molar-refractivity contribution in [2.75, 3.05) is 11.9 Å². The lowest BCUT2D eigenvalue weighted by atomic mass is 9.86. The van der Waals surface area contributed by atoms with Gasteiger partial charge in [-0.15, -0.1) is 0 Å². The lowest BCUT2D eigenvalue weighted by Crippen LogP contribution is -2.36. The van der Waals surface area contributed by atoms with E-state index in [1.165, 1.54) is 31.2 Å². The summed E-state index contributed by atoms with van der Waals surface area (Å²) in [7, 11) is 2.20. The molecule has 1 aliphatic rings. The number of hydrogen-bond donors (Lipinski definition) is 1. The highest BCUT2D eigenvalue weighted by Crippen LogP contribution is 2.30. The van der Waals surface area contributed by atoms with Crippen molar-refractivity contribution in [2.24, 2.45) is 5.92 Å². The lowest BCUT2D eigenvalue weighted by Gasteiger charge is -2.35. The third kappa shape index (κ3) is 4.68. The van der Waals surface area contributed by atoms with E-state index in [1.54, 1.807) is 0 Å². The lowest BCUT2D eigenvalue weighted by molar-refractivity contribution is 0.339. The fourth-order valence-electron chi connectivity index (χ4n) is 3.04. The largest absolute Gasteiger partial charge is 0.356 e. The summed E-state index contributed by atoms with van der Waals surface area (Å²) in [5.74, 6) is 2.01. The summed E-state index contributed by atoms with van der Waals surface area (Å²) in [5, 5.41) is 3.51. The van der Waals surface area contributed by atoms with Gasteiger partial charge in [0.1, 0.15) is 5.82 Å². The van der Waals surface area contributed by atoms with Crippen LogP contribution in [0.4, 0.5) is 5.82 Å². The van der Waals surface area contributed by atoms with E-state index in [0.29, 0.717) is 12.1 Å². The summed E-state index contributed by atoms with van der Waals surface area (Å²) in [4.78, 5) is 7.09. The van der Waals surface area contributed by atoms with Gasteiger partial charge in [-0.2, -0.15) is 0 Å². The molecule has 0 amide bonds. The number of anilines is 1. The fourth-order valence-corrected chi connectivity index (χ4v) is 3.42. The summed E-state index contributed by atoms with van der Waals surface area (Å²) >= 11 is 3.55. The highest BCUT2D eigenvalue weighted by atomic mass is 79.9. The molecule has 1 fully saturated rings. The number of hydrogen-bond acceptors (Lipinski definition) is 3. The zero-order chi connectivity index (χ0) is 15.4. The molecule has 0 aromatic carbocycles. The van der Waals surface area contributed by atoms with Gasteiger partial charge in [-0.25, -0.2) is 4.98 Å². The van der Waals surface area contributed by atoms with Gasteiger partial charge in [-0.1, -0.05) is 20.8 Å². The maximum Gasteiger partial charge on any atom is 0.133 e. The molecule has 21 heavy (non-hydrogen) atoms. The summed E-state index contributed by atoms with van der Waals surface area (Å²) in [6.07, 6.45) is 7.16. The second kappa shape index (κ2) is 7.59. The highest BCUT2D eigenvalue weighted by Gasteiger charge is 2.24. The molecule has 1 aromatic rings. The molecule has 1 saturated carbocycles. The maximum atomic E-state index is 4.69. The smallest absolute Gasteiger partial charge is 0.133 e. The van der Waals surface area contributed by atoms with Crippen molar-refractivity contribution < 1.29 is 0 Å². The summed E-state index contributed by atoms with van der Waals surface area (Å²) in [5.41, 5.74) is 1.28. The Morgan fingerprint density at radius 3 is 2.62 bits per heavy atom. The Kier molecular flexibility index (Phi) is 6.06. The minimum Gasteiger partial charge on any atom is -0.356 e. The van der Waals surface area contributed by atoms with Crippen LogP contribution in [0, 0.1) is 5.92 Å². The average molecular weight is 354 g/mol. The Hall–Kier alpha value is -0.610. The normalized spacial score (nSPS) is 22.6. The third-order valence-electron chi connectivity index (χ3n) is 4.48. The molecular formula is C17H28BrN3. The van der Waals surface area contributed by atoms with E-state index in [-0.39, 0.29) is 0 Å². The van der Waals surface area contributed by atoms with Gasteiger partial charge >= 0.3 is 0 Å². The fraction of sp³-hybridized carbons (Fsp3) is 0.706. The van der Waals surface area contributed by atoms with Gasteiger partial charge < -0.3 is 10.2 Å². The van der Waals surface area contributed by atoms with Crippen molar-refractivity contribution in [3.8, 4) is 0 Å². The van der Waals surface area contributed by atoms with Gasteiger partial charge in [0, 0.05) is 41.9 Å². The second-order valence-electron chi connectivity index (χ2n) is 6.70. The van der Waals surface area contributed by atoms with Crippen LogP contribution in [0.15, 0.2) is 16.7 Å².